The van der Waals surface area contributed by atoms with E-state index in [2.05, 4.69) is 20.8 Å². The van der Waals surface area contributed by atoms with Crippen LogP contribution in [0.2, 0.25) is 0 Å². The van der Waals surface area contributed by atoms with E-state index < -0.39 is 16.4 Å². The number of hydrogen-bond acceptors (Lipinski definition) is 4. The molecule has 0 amide bonds. The van der Waals surface area contributed by atoms with E-state index in [-0.39, 0.29) is 5.79 Å². The molecule has 1 aliphatic heterocycles. The molecule has 0 radical (unpaired) electrons. The summed E-state index contributed by atoms with van der Waals surface area (Å²) in [7, 11) is -0.816. The number of aliphatic hydroxyl groups is 1. The maximum Gasteiger partial charge on any atom is 0.169 e. The lowest BCUT2D eigenvalue weighted by molar-refractivity contribution is -0.220. The van der Waals surface area contributed by atoms with Crippen molar-refractivity contribution in [1.29, 1.82) is 0 Å². The van der Waals surface area contributed by atoms with Crippen molar-refractivity contribution < 1.29 is 18.8 Å². The summed E-state index contributed by atoms with van der Waals surface area (Å²) in [5.41, 5.74) is 0.115. The van der Waals surface area contributed by atoms with Gasteiger partial charge in [0.1, 0.15) is 0 Å². The molecule has 0 spiro atoms. The van der Waals surface area contributed by atoms with Crippen LogP contribution >= 0.6 is 0 Å². The van der Waals surface area contributed by atoms with Gasteiger partial charge in [0.15, 0.2) is 5.79 Å². The van der Waals surface area contributed by atoms with Crippen LogP contribution in [0.4, 0.5) is 0 Å². The largest absolute Gasteiger partial charge is 0.390 e. The molecule has 178 valence electrons. The molecule has 9 atom stereocenters. The first kappa shape index (κ1) is 22.8. The first-order valence-corrected chi connectivity index (χ1v) is 14.6. The first-order valence-electron chi connectivity index (χ1n) is 12.9. The fourth-order valence-electron chi connectivity index (χ4n) is 9.48. The molecule has 5 aliphatic rings. The van der Waals surface area contributed by atoms with Crippen LogP contribution in [-0.2, 0) is 20.3 Å². The normalized spacial score (nSPS) is 52.2. The number of hydrogen-bond donors (Lipinski definition) is 1. The minimum absolute atomic E-state index is 0.337. The van der Waals surface area contributed by atoms with Gasteiger partial charge in [-0.25, -0.2) is 0 Å². The Hall–Kier alpha value is 0.0300. The Balaban J connectivity index is 1.33. The Kier molecular flexibility index (Phi) is 5.72. The lowest BCUT2D eigenvalue weighted by atomic mass is 9.43. The third-order valence-electron chi connectivity index (χ3n) is 11.2. The predicted molar refractivity (Wildman–Crippen MR) is 124 cm³/mol. The highest BCUT2D eigenvalue weighted by Crippen LogP contribution is 2.69. The SMILES string of the molecule is CS(=O)CC[C@]1(O)CC[C@@]2(C)[C@@H](CC[C@@H]3[C@@H]2CC[C@]2(C)[C@@H](C4(C)OCCO4)CC[C@@H]32)C1. The monoisotopic (exact) mass is 452 g/mol. The van der Waals surface area contributed by atoms with E-state index in [0.717, 1.165) is 50.2 Å². The van der Waals surface area contributed by atoms with Crippen molar-refractivity contribution in [2.75, 3.05) is 25.2 Å². The molecule has 4 saturated carbocycles. The van der Waals surface area contributed by atoms with Gasteiger partial charge in [-0.3, -0.25) is 4.21 Å². The van der Waals surface area contributed by atoms with E-state index in [0.29, 0.717) is 34.8 Å². The topological polar surface area (TPSA) is 55.8 Å². The Morgan fingerprint density at radius 1 is 0.903 bits per heavy atom. The molecule has 5 fully saturated rings. The van der Waals surface area contributed by atoms with E-state index in [9.17, 15) is 9.32 Å². The van der Waals surface area contributed by atoms with Crippen LogP contribution < -0.4 is 0 Å². The van der Waals surface area contributed by atoms with Crippen molar-refractivity contribution in [3.63, 3.8) is 0 Å². The molecule has 1 heterocycles. The van der Waals surface area contributed by atoms with E-state index in [1.807, 2.05) is 0 Å². The quantitative estimate of drug-likeness (QED) is 0.659. The zero-order valence-electron chi connectivity index (χ0n) is 20.2. The zero-order valence-corrected chi connectivity index (χ0v) is 21.0. The minimum atomic E-state index is -0.816. The fraction of sp³-hybridized carbons (Fsp3) is 1.00. The molecule has 1 N–H and O–H groups in total. The van der Waals surface area contributed by atoms with Crippen LogP contribution in [0.5, 0.6) is 0 Å². The molecule has 1 saturated heterocycles. The van der Waals surface area contributed by atoms with Gasteiger partial charge in [0.2, 0.25) is 0 Å². The highest BCUT2D eigenvalue weighted by atomic mass is 32.2. The molecule has 5 heteroatoms. The third-order valence-corrected chi connectivity index (χ3v) is 11.9. The van der Waals surface area contributed by atoms with Crippen LogP contribution in [0.1, 0.15) is 85.0 Å². The van der Waals surface area contributed by atoms with E-state index in [1.54, 1.807) is 6.26 Å². The first-order chi connectivity index (χ1) is 14.6. The van der Waals surface area contributed by atoms with Crippen molar-refractivity contribution in [2.24, 2.45) is 40.4 Å². The number of fused-ring (bicyclic) bond motifs is 5. The van der Waals surface area contributed by atoms with Gasteiger partial charge in [-0.15, -0.1) is 0 Å². The third kappa shape index (κ3) is 3.59. The molecule has 31 heavy (non-hydrogen) atoms. The van der Waals surface area contributed by atoms with Crippen molar-refractivity contribution in [3.05, 3.63) is 0 Å². The molecule has 0 aromatic rings. The molecule has 0 aromatic carbocycles. The van der Waals surface area contributed by atoms with E-state index in [1.165, 1.54) is 38.5 Å². The Bertz CT molecular complexity index is 720. The van der Waals surface area contributed by atoms with Gasteiger partial charge in [-0.2, -0.15) is 0 Å². The maximum absolute atomic E-state index is 11.6. The van der Waals surface area contributed by atoms with Gasteiger partial charge >= 0.3 is 0 Å². The smallest absolute Gasteiger partial charge is 0.169 e. The maximum atomic E-state index is 11.6. The van der Waals surface area contributed by atoms with Crippen molar-refractivity contribution in [1.82, 2.24) is 0 Å². The summed E-state index contributed by atoms with van der Waals surface area (Å²) < 4.78 is 24.0. The van der Waals surface area contributed by atoms with Gasteiger partial charge < -0.3 is 14.6 Å². The molecule has 5 rings (SSSR count). The summed E-state index contributed by atoms with van der Waals surface area (Å²) in [6, 6.07) is 0. The predicted octanol–water partition coefficient (Wildman–Crippen LogP) is 4.91. The molecule has 1 unspecified atom stereocenters. The lowest BCUT2D eigenvalue weighted by Crippen LogP contribution is -2.57. The summed E-state index contributed by atoms with van der Waals surface area (Å²) in [6.07, 6.45) is 13.2. The molecule has 4 nitrogen and oxygen atoms in total. The Morgan fingerprint density at radius 3 is 2.32 bits per heavy atom. The second kappa shape index (κ2) is 7.78. The fourth-order valence-corrected chi connectivity index (χ4v) is 10.1. The second-order valence-electron chi connectivity index (χ2n) is 12.5. The van der Waals surface area contributed by atoms with Crippen molar-refractivity contribution in [2.45, 2.75) is 96.4 Å². The second-order valence-corrected chi connectivity index (χ2v) is 14.1. The minimum Gasteiger partial charge on any atom is -0.390 e. The van der Waals surface area contributed by atoms with Gasteiger partial charge in [-0.05, 0) is 106 Å². The average molecular weight is 453 g/mol. The molecule has 0 bridgehead atoms. The summed E-state index contributed by atoms with van der Waals surface area (Å²) in [6.45, 7) is 8.81. The van der Waals surface area contributed by atoms with Crippen LogP contribution in [0.3, 0.4) is 0 Å². The van der Waals surface area contributed by atoms with E-state index >= 15 is 0 Å². The van der Waals surface area contributed by atoms with Crippen molar-refractivity contribution >= 4 is 10.8 Å². The lowest BCUT2D eigenvalue weighted by Gasteiger charge is -2.62. The van der Waals surface area contributed by atoms with Crippen LogP contribution in [0.25, 0.3) is 0 Å². The van der Waals surface area contributed by atoms with Crippen LogP contribution in [0, 0.1) is 40.4 Å². The molecular formula is C26H44O4S. The highest BCUT2D eigenvalue weighted by Gasteiger charge is 2.64. The number of rotatable bonds is 4. The van der Waals surface area contributed by atoms with Crippen LogP contribution in [-0.4, -0.2) is 45.9 Å². The van der Waals surface area contributed by atoms with Gasteiger partial charge in [0.25, 0.3) is 0 Å². The zero-order chi connectivity index (χ0) is 22.1. The summed E-state index contributed by atoms with van der Waals surface area (Å²) in [5.74, 6) is 3.82. The molecular weight excluding hydrogens is 408 g/mol. The highest BCUT2D eigenvalue weighted by molar-refractivity contribution is 7.84. The van der Waals surface area contributed by atoms with Gasteiger partial charge in [0.05, 0.1) is 18.8 Å². The Labute approximate surface area is 191 Å². The van der Waals surface area contributed by atoms with Crippen molar-refractivity contribution in [3.8, 4) is 0 Å². The molecule has 4 aliphatic carbocycles. The summed E-state index contributed by atoms with van der Waals surface area (Å²) in [5, 5.41) is 11.3. The number of ether oxygens (including phenoxy) is 2. The van der Waals surface area contributed by atoms with Crippen LogP contribution in [0.15, 0.2) is 0 Å². The summed E-state index contributed by atoms with van der Waals surface area (Å²) in [4.78, 5) is 0. The Morgan fingerprint density at radius 2 is 1.61 bits per heavy atom. The summed E-state index contributed by atoms with van der Waals surface area (Å²) >= 11 is 0. The molecule has 0 aromatic heterocycles. The standard InChI is InChI=1S/C26H44O4S/c1-23-11-12-26(27,13-16-31(4)28)17-18(23)5-6-19-20-7-8-22(25(3)29-14-15-30-25)24(20,2)10-9-21(19)23/h18-22,27H,5-17H2,1-4H3/t18-,19-,20-,21-,22-,23-,24-,26+,31?/m0/s1. The average Bonchev–Trinajstić information content (AvgIpc) is 3.31. The van der Waals surface area contributed by atoms with Gasteiger partial charge in [0, 0.05) is 28.7 Å². The van der Waals surface area contributed by atoms with E-state index in [4.69, 9.17) is 9.47 Å². The van der Waals surface area contributed by atoms with Gasteiger partial charge in [-0.1, -0.05) is 13.8 Å².